The molecule has 0 aliphatic carbocycles. The molecule has 1 aromatic heterocycles. The van der Waals surface area contributed by atoms with E-state index in [9.17, 15) is 0 Å². The number of aromatic nitrogens is 2. The van der Waals surface area contributed by atoms with Crippen LogP contribution in [0.2, 0.25) is 0 Å². The van der Waals surface area contributed by atoms with Gasteiger partial charge in [-0.15, -0.1) is 11.6 Å². The molecule has 0 radical (unpaired) electrons. The first-order valence-electron chi connectivity index (χ1n) is 7.18. The van der Waals surface area contributed by atoms with Gasteiger partial charge in [-0.25, -0.2) is 4.98 Å². The SMILES string of the molecule is ClCc1nc2ccccc2n1CCCN1CCOCC1. The van der Waals surface area contributed by atoms with Crippen molar-refractivity contribution in [3.05, 3.63) is 30.1 Å². The summed E-state index contributed by atoms with van der Waals surface area (Å²) in [6, 6.07) is 8.24. The maximum absolute atomic E-state index is 6.02. The normalized spacial score (nSPS) is 16.9. The molecule has 0 saturated carbocycles. The Bertz CT molecular complexity index is 563. The zero-order valence-corrected chi connectivity index (χ0v) is 12.4. The Morgan fingerprint density at radius 1 is 1.15 bits per heavy atom. The van der Waals surface area contributed by atoms with Crippen LogP contribution < -0.4 is 0 Å². The highest BCUT2D eigenvalue weighted by Crippen LogP contribution is 2.18. The Morgan fingerprint density at radius 3 is 2.75 bits per heavy atom. The maximum Gasteiger partial charge on any atom is 0.124 e. The van der Waals surface area contributed by atoms with E-state index in [0.29, 0.717) is 5.88 Å². The van der Waals surface area contributed by atoms with E-state index in [1.54, 1.807) is 0 Å². The molecule has 0 amide bonds. The molecule has 4 nitrogen and oxygen atoms in total. The molecule has 1 aromatic carbocycles. The molecule has 108 valence electrons. The fourth-order valence-corrected chi connectivity index (χ4v) is 2.96. The van der Waals surface area contributed by atoms with Crippen molar-refractivity contribution in [3.8, 4) is 0 Å². The predicted octanol–water partition coefficient (Wildman–Crippen LogP) is 2.50. The van der Waals surface area contributed by atoms with E-state index in [-0.39, 0.29) is 0 Å². The summed E-state index contributed by atoms with van der Waals surface area (Å²) in [5.74, 6) is 1.43. The van der Waals surface area contributed by atoms with Crippen LogP contribution in [0.15, 0.2) is 24.3 Å². The molecule has 1 saturated heterocycles. The molecule has 2 aromatic rings. The van der Waals surface area contributed by atoms with Crippen LogP contribution in [0, 0.1) is 0 Å². The number of alkyl halides is 1. The Kier molecular flexibility index (Phi) is 4.55. The zero-order valence-electron chi connectivity index (χ0n) is 11.6. The number of fused-ring (bicyclic) bond motifs is 1. The van der Waals surface area contributed by atoms with E-state index in [0.717, 1.165) is 57.2 Å². The second-order valence-corrected chi connectivity index (χ2v) is 5.38. The summed E-state index contributed by atoms with van der Waals surface area (Å²) in [4.78, 5) is 7.06. The predicted molar refractivity (Wildman–Crippen MR) is 81.2 cm³/mol. The van der Waals surface area contributed by atoms with Crippen LogP contribution in [0.3, 0.4) is 0 Å². The highest BCUT2D eigenvalue weighted by Gasteiger charge is 2.12. The van der Waals surface area contributed by atoms with E-state index in [1.165, 1.54) is 5.52 Å². The average Bonchev–Trinajstić information content (AvgIpc) is 2.87. The Hall–Kier alpha value is -1.10. The molecule has 2 heterocycles. The number of nitrogens with zero attached hydrogens (tertiary/aromatic N) is 3. The first-order chi connectivity index (χ1) is 9.88. The molecule has 1 aliphatic heterocycles. The largest absolute Gasteiger partial charge is 0.379 e. The van der Waals surface area contributed by atoms with Gasteiger partial charge in [-0.05, 0) is 18.6 Å². The molecule has 3 rings (SSSR count). The van der Waals surface area contributed by atoms with Crippen LogP contribution in [0.4, 0.5) is 0 Å². The van der Waals surface area contributed by atoms with E-state index < -0.39 is 0 Å². The average molecular weight is 294 g/mol. The van der Waals surface area contributed by atoms with Crippen molar-refractivity contribution in [1.82, 2.24) is 14.5 Å². The van der Waals surface area contributed by atoms with Gasteiger partial charge >= 0.3 is 0 Å². The van der Waals surface area contributed by atoms with Gasteiger partial charge in [0.05, 0.1) is 30.1 Å². The lowest BCUT2D eigenvalue weighted by Crippen LogP contribution is -2.37. The minimum Gasteiger partial charge on any atom is -0.379 e. The van der Waals surface area contributed by atoms with Crippen molar-refractivity contribution in [2.24, 2.45) is 0 Å². The molecule has 0 N–H and O–H groups in total. The second kappa shape index (κ2) is 6.57. The molecule has 0 spiro atoms. The quantitative estimate of drug-likeness (QED) is 0.794. The number of ether oxygens (including phenoxy) is 1. The first-order valence-corrected chi connectivity index (χ1v) is 7.72. The Morgan fingerprint density at radius 2 is 1.95 bits per heavy atom. The molecule has 1 aliphatic rings. The number of rotatable bonds is 5. The lowest BCUT2D eigenvalue weighted by molar-refractivity contribution is 0.0369. The standard InChI is InChI=1S/C15H20ClN3O/c16-12-15-17-13-4-1-2-5-14(13)19(15)7-3-6-18-8-10-20-11-9-18/h1-2,4-5H,3,6-12H2. The summed E-state index contributed by atoms with van der Waals surface area (Å²) in [7, 11) is 0. The smallest absolute Gasteiger partial charge is 0.124 e. The van der Waals surface area contributed by atoms with Crippen molar-refractivity contribution in [2.45, 2.75) is 18.8 Å². The van der Waals surface area contributed by atoms with Gasteiger partial charge in [0.25, 0.3) is 0 Å². The summed E-state index contributed by atoms with van der Waals surface area (Å²) in [6.45, 7) is 5.90. The minimum absolute atomic E-state index is 0.465. The van der Waals surface area contributed by atoms with Crippen molar-refractivity contribution in [1.29, 1.82) is 0 Å². The van der Waals surface area contributed by atoms with Crippen LogP contribution in [-0.2, 0) is 17.2 Å². The Balaban J connectivity index is 1.66. The molecule has 0 atom stereocenters. The van der Waals surface area contributed by atoms with Gasteiger partial charge in [0, 0.05) is 26.2 Å². The van der Waals surface area contributed by atoms with Gasteiger partial charge in [-0.2, -0.15) is 0 Å². The molecule has 0 unspecified atom stereocenters. The molecule has 0 bridgehead atoms. The minimum atomic E-state index is 0.465. The highest BCUT2D eigenvalue weighted by atomic mass is 35.5. The summed E-state index contributed by atoms with van der Waals surface area (Å²) < 4.78 is 7.62. The number of halogens is 1. The number of aryl methyl sites for hydroxylation is 1. The fraction of sp³-hybridized carbons (Fsp3) is 0.533. The summed E-state index contributed by atoms with van der Waals surface area (Å²) in [5.41, 5.74) is 2.22. The van der Waals surface area contributed by atoms with Gasteiger partial charge in [0.15, 0.2) is 0 Å². The third kappa shape index (κ3) is 2.97. The van der Waals surface area contributed by atoms with Crippen LogP contribution in [0.5, 0.6) is 0 Å². The van der Waals surface area contributed by atoms with E-state index in [1.807, 2.05) is 12.1 Å². The van der Waals surface area contributed by atoms with Crippen molar-refractivity contribution in [3.63, 3.8) is 0 Å². The van der Waals surface area contributed by atoms with Gasteiger partial charge in [0.1, 0.15) is 5.82 Å². The lowest BCUT2D eigenvalue weighted by atomic mass is 10.3. The van der Waals surface area contributed by atoms with Crippen molar-refractivity contribution >= 4 is 22.6 Å². The van der Waals surface area contributed by atoms with Gasteiger partial charge in [0.2, 0.25) is 0 Å². The first kappa shape index (κ1) is 13.9. The molecular weight excluding hydrogens is 274 g/mol. The Labute approximate surface area is 124 Å². The zero-order chi connectivity index (χ0) is 13.8. The maximum atomic E-state index is 6.02. The topological polar surface area (TPSA) is 30.3 Å². The van der Waals surface area contributed by atoms with E-state index in [2.05, 4.69) is 26.6 Å². The van der Waals surface area contributed by atoms with Crippen LogP contribution >= 0.6 is 11.6 Å². The van der Waals surface area contributed by atoms with Crippen molar-refractivity contribution in [2.75, 3.05) is 32.8 Å². The second-order valence-electron chi connectivity index (χ2n) is 5.11. The third-order valence-corrected chi connectivity index (χ3v) is 4.05. The number of morpholine rings is 1. The van der Waals surface area contributed by atoms with Crippen LogP contribution in [0.25, 0.3) is 11.0 Å². The number of imidazole rings is 1. The van der Waals surface area contributed by atoms with E-state index in [4.69, 9.17) is 16.3 Å². The van der Waals surface area contributed by atoms with Crippen molar-refractivity contribution < 1.29 is 4.74 Å². The number of benzene rings is 1. The molecular formula is C15H20ClN3O. The van der Waals surface area contributed by atoms with Gasteiger partial charge in [-0.3, -0.25) is 4.90 Å². The van der Waals surface area contributed by atoms with E-state index >= 15 is 0 Å². The van der Waals surface area contributed by atoms with Crippen LogP contribution in [0.1, 0.15) is 12.2 Å². The number of hydrogen-bond acceptors (Lipinski definition) is 3. The molecule has 1 fully saturated rings. The monoisotopic (exact) mass is 293 g/mol. The molecule has 5 heteroatoms. The number of para-hydroxylation sites is 2. The fourth-order valence-electron chi connectivity index (χ4n) is 2.75. The lowest BCUT2D eigenvalue weighted by Gasteiger charge is -2.26. The van der Waals surface area contributed by atoms with Crippen LogP contribution in [-0.4, -0.2) is 47.3 Å². The highest BCUT2D eigenvalue weighted by molar-refractivity contribution is 6.16. The summed E-state index contributed by atoms with van der Waals surface area (Å²) >= 11 is 6.02. The van der Waals surface area contributed by atoms with Gasteiger partial charge in [-0.1, -0.05) is 12.1 Å². The number of hydrogen-bond donors (Lipinski definition) is 0. The molecule has 20 heavy (non-hydrogen) atoms. The van der Waals surface area contributed by atoms with Gasteiger partial charge < -0.3 is 9.30 Å². The summed E-state index contributed by atoms with van der Waals surface area (Å²) in [6.07, 6.45) is 1.12. The third-order valence-electron chi connectivity index (χ3n) is 3.81. The summed E-state index contributed by atoms with van der Waals surface area (Å²) in [5, 5.41) is 0.